The number of halogens is 1. The summed E-state index contributed by atoms with van der Waals surface area (Å²) in [5, 5.41) is 9.99. The van der Waals surface area contributed by atoms with Crippen molar-refractivity contribution in [3.05, 3.63) is 11.7 Å². The molecule has 1 aromatic heterocycles. The van der Waals surface area contributed by atoms with Crippen molar-refractivity contribution >= 4 is 35.8 Å². The SMILES string of the molecule is CN=C(NCc1nc(C)no1)N1CCCC2(CNC(=O)C2)C1.I. The van der Waals surface area contributed by atoms with Crippen molar-refractivity contribution in [2.75, 3.05) is 26.7 Å². The van der Waals surface area contributed by atoms with Gasteiger partial charge in [-0.25, -0.2) is 0 Å². The summed E-state index contributed by atoms with van der Waals surface area (Å²) >= 11 is 0. The van der Waals surface area contributed by atoms with Crippen LogP contribution in [0.25, 0.3) is 0 Å². The molecule has 23 heavy (non-hydrogen) atoms. The van der Waals surface area contributed by atoms with Crippen LogP contribution in [0.4, 0.5) is 0 Å². The number of carbonyl (C=O) groups is 1. The van der Waals surface area contributed by atoms with Gasteiger partial charge >= 0.3 is 0 Å². The third-order valence-electron chi connectivity index (χ3n) is 4.34. The van der Waals surface area contributed by atoms with Crippen LogP contribution in [0.3, 0.4) is 0 Å². The van der Waals surface area contributed by atoms with E-state index < -0.39 is 0 Å². The molecule has 1 atom stereocenters. The Kier molecular flexibility index (Phi) is 5.82. The quantitative estimate of drug-likeness (QED) is 0.404. The molecule has 0 bridgehead atoms. The zero-order valence-electron chi connectivity index (χ0n) is 13.5. The minimum absolute atomic E-state index is 0. The van der Waals surface area contributed by atoms with E-state index >= 15 is 0 Å². The van der Waals surface area contributed by atoms with Gasteiger partial charge in [-0.1, -0.05) is 5.16 Å². The Labute approximate surface area is 152 Å². The van der Waals surface area contributed by atoms with E-state index in [0.29, 0.717) is 24.7 Å². The van der Waals surface area contributed by atoms with Crippen molar-refractivity contribution in [2.45, 2.75) is 32.7 Å². The Morgan fingerprint density at radius 2 is 2.39 bits per heavy atom. The fourth-order valence-electron chi connectivity index (χ4n) is 3.33. The standard InChI is InChI=1S/C14H22N6O2.HI/c1-10-18-12(22-19-10)7-16-13(15-2)20-5-3-4-14(9-20)6-11(21)17-8-14;/h3-9H2,1-2H3,(H,15,16)(H,17,21);1H. The predicted octanol–water partition coefficient (Wildman–Crippen LogP) is 0.674. The van der Waals surface area contributed by atoms with Crippen LogP contribution in [0.2, 0.25) is 0 Å². The van der Waals surface area contributed by atoms with E-state index in [4.69, 9.17) is 4.52 Å². The van der Waals surface area contributed by atoms with Gasteiger partial charge in [0.05, 0.1) is 6.54 Å². The molecule has 9 heteroatoms. The fourth-order valence-corrected chi connectivity index (χ4v) is 3.33. The number of aryl methyl sites for hydroxylation is 1. The number of hydrogen-bond acceptors (Lipinski definition) is 5. The number of hydrogen-bond donors (Lipinski definition) is 2. The first kappa shape index (κ1) is 18.0. The summed E-state index contributed by atoms with van der Waals surface area (Å²) in [6, 6.07) is 0. The summed E-state index contributed by atoms with van der Waals surface area (Å²) in [5.74, 6) is 2.14. The second kappa shape index (κ2) is 7.45. The van der Waals surface area contributed by atoms with Gasteiger partial charge in [0, 0.05) is 38.5 Å². The Bertz CT molecular complexity index is 590. The molecule has 8 nitrogen and oxygen atoms in total. The maximum atomic E-state index is 11.6. The van der Waals surface area contributed by atoms with E-state index in [0.717, 1.165) is 38.4 Å². The minimum atomic E-state index is 0. The van der Waals surface area contributed by atoms with Crippen LogP contribution in [-0.2, 0) is 11.3 Å². The molecule has 0 radical (unpaired) electrons. The molecule has 2 aliphatic rings. The summed E-state index contributed by atoms with van der Waals surface area (Å²) in [5.41, 5.74) is 0.0496. The van der Waals surface area contributed by atoms with E-state index in [1.54, 1.807) is 14.0 Å². The molecule has 1 spiro atoms. The normalized spacial score (nSPS) is 24.5. The second-order valence-corrected chi connectivity index (χ2v) is 6.11. The van der Waals surface area contributed by atoms with Gasteiger partial charge in [-0.05, 0) is 19.8 Å². The topological polar surface area (TPSA) is 95.7 Å². The smallest absolute Gasteiger partial charge is 0.246 e. The van der Waals surface area contributed by atoms with E-state index in [9.17, 15) is 4.79 Å². The van der Waals surface area contributed by atoms with Gasteiger partial charge < -0.3 is 20.1 Å². The van der Waals surface area contributed by atoms with Crippen LogP contribution < -0.4 is 10.6 Å². The van der Waals surface area contributed by atoms with E-state index in [-0.39, 0.29) is 35.3 Å². The van der Waals surface area contributed by atoms with Gasteiger partial charge in [0.15, 0.2) is 11.8 Å². The molecule has 0 saturated carbocycles. The number of nitrogens with zero attached hydrogens (tertiary/aromatic N) is 4. The Balaban J connectivity index is 0.00000192. The maximum Gasteiger partial charge on any atom is 0.246 e. The largest absolute Gasteiger partial charge is 0.355 e. The fraction of sp³-hybridized carbons (Fsp3) is 0.714. The maximum absolute atomic E-state index is 11.6. The van der Waals surface area contributed by atoms with Crippen molar-refractivity contribution in [1.82, 2.24) is 25.7 Å². The van der Waals surface area contributed by atoms with Crippen molar-refractivity contribution in [3.63, 3.8) is 0 Å². The van der Waals surface area contributed by atoms with Crippen LogP contribution in [0, 0.1) is 12.3 Å². The molecule has 2 aliphatic heterocycles. The van der Waals surface area contributed by atoms with E-state index in [1.165, 1.54) is 0 Å². The monoisotopic (exact) mass is 434 g/mol. The number of carbonyl (C=O) groups excluding carboxylic acids is 1. The molecule has 2 N–H and O–H groups in total. The summed E-state index contributed by atoms with van der Waals surface area (Å²) in [7, 11) is 1.76. The molecule has 3 rings (SSSR count). The first-order valence-electron chi connectivity index (χ1n) is 7.62. The van der Waals surface area contributed by atoms with Crippen molar-refractivity contribution in [3.8, 4) is 0 Å². The zero-order valence-corrected chi connectivity index (χ0v) is 15.8. The predicted molar refractivity (Wildman–Crippen MR) is 95.5 cm³/mol. The first-order valence-corrected chi connectivity index (χ1v) is 7.62. The number of amides is 1. The van der Waals surface area contributed by atoms with E-state index in [1.807, 2.05) is 0 Å². The highest BCUT2D eigenvalue weighted by Gasteiger charge is 2.42. The molecule has 2 fully saturated rings. The van der Waals surface area contributed by atoms with Gasteiger partial charge in [-0.3, -0.25) is 9.79 Å². The zero-order chi connectivity index (χ0) is 15.6. The lowest BCUT2D eigenvalue weighted by atomic mass is 9.79. The summed E-state index contributed by atoms with van der Waals surface area (Å²) in [6.07, 6.45) is 2.76. The third kappa shape index (κ3) is 4.12. The number of rotatable bonds is 2. The van der Waals surface area contributed by atoms with Gasteiger partial charge in [0.2, 0.25) is 11.8 Å². The lowest BCUT2D eigenvalue weighted by Crippen LogP contribution is -2.51. The molecule has 3 heterocycles. The molecule has 0 aliphatic carbocycles. The van der Waals surface area contributed by atoms with Crippen LogP contribution >= 0.6 is 24.0 Å². The Morgan fingerprint density at radius 1 is 1.57 bits per heavy atom. The van der Waals surface area contributed by atoms with Crippen LogP contribution in [0.15, 0.2) is 9.52 Å². The number of nitrogens with one attached hydrogen (secondary N) is 2. The number of aliphatic imine (C=N–C) groups is 1. The average molecular weight is 434 g/mol. The van der Waals surface area contributed by atoms with Crippen molar-refractivity contribution in [1.29, 1.82) is 0 Å². The van der Waals surface area contributed by atoms with Crippen LogP contribution in [-0.4, -0.2) is 53.6 Å². The Morgan fingerprint density at radius 3 is 3.00 bits per heavy atom. The van der Waals surface area contributed by atoms with Crippen molar-refractivity contribution < 1.29 is 9.32 Å². The van der Waals surface area contributed by atoms with Gasteiger partial charge in [-0.15, -0.1) is 24.0 Å². The van der Waals surface area contributed by atoms with Gasteiger partial charge in [0.25, 0.3) is 0 Å². The number of piperidine rings is 1. The van der Waals surface area contributed by atoms with Crippen LogP contribution in [0.1, 0.15) is 31.0 Å². The molecule has 128 valence electrons. The first-order chi connectivity index (χ1) is 10.6. The molecule has 0 aromatic carbocycles. The summed E-state index contributed by atoms with van der Waals surface area (Å²) in [4.78, 5) is 22.3. The highest BCUT2D eigenvalue weighted by atomic mass is 127. The molecular formula is C14H23IN6O2. The number of aromatic nitrogens is 2. The lowest BCUT2D eigenvalue weighted by molar-refractivity contribution is -0.119. The number of guanidine groups is 1. The molecule has 1 aromatic rings. The summed E-state index contributed by atoms with van der Waals surface area (Å²) < 4.78 is 5.10. The third-order valence-corrected chi connectivity index (χ3v) is 4.34. The van der Waals surface area contributed by atoms with Crippen molar-refractivity contribution in [2.24, 2.45) is 10.4 Å². The molecule has 2 saturated heterocycles. The molecular weight excluding hydrogens is 411 g/mol. The number of likely N-dealkylation sites (tertiary alicyclic amines) is 1. The molecule has 1 amide bonds. The van der Waals surface area contributed by atoms with Crippen LogP contribution in [0.5, 0.6) is 0 Å². The summed E-state index contributed by atoms with van der Waals surface area (Å²) in [6.45, 7) is 4.80. The van der Waals surface area contributed by atoms with Gasteiger partial charge in [-0.2, -0.15) is 4.98 Å². The van der Waals surface area contributed by atoms with Gasteiger partial charge in [0.1, 0.15) is 0 Å². The second-order valence-electron chi connectivity index (χ2n) is 6.11. The highest BCUT2D eigenvalue weighted by molar-refractivity contribution is 14.0. The highest BCUT2D eigenvalue weighted by Crippen LogP contribution is 2.35. The van der Waals surface area contributed by atoms with E-state index in [2.05, 4.69) is 30.7 Å². The minimum Gasteiger partial charge on any atom is -0.355 e. The Hall–Kier alpha value is -1.39. The average Bonchev–Trinajstić information content (AvgIpc) is 3.06. The molecule has 1 unspecified atom stereocenters. The lowest BCUT2D eigenvalue weighted by Gasteiger charge is -2.40.